The van der Waals surface area contributed by atoms with Crippen LogP contribution in [0, 0.1) is 5.41 Å². The maximum atomic E-state index is 5.30. The summed E-state index contributed by atoms with van der Waals surface area (Å²) >= 11 is 0. The summed E-state index contributed by atoms with van der Waals surface area (Å²) in [6.07, 6.45) is 3.91. The number of hydrogen-bond donors (Lipinski definition) is 1. The van der Waals surface area contributed by atoms with E-state index < -0.39 is 0 Å². The maximum Gasteiger partial charge on any atom is 0.193 e. The molecule has 0 aromatic rings. The van der Waals surface area contributed by atoms with Crippen molar-refractivity contribution in [2.75, 3.05) is 40.4 Å². The van der Waals surface area contributed by atoms with Gasteiger partial charge in [0.15, 0.2) is 5.96 Å². The van der Waals surface area contributed by atoms with Gasteiger partial charge in [0.1, 0.15) is 0 Å². The van der Waals surface area contributed by atoms with Crippen LogP contribution < -0.4 is 5.32 Å². The molecule has 0 bridgehead atoms. The first-order valence-corrected chi connectivity index (χ1v) is 5.74. The van der Waals surface area contributed by atoms with Crippen LogP contribution in [0.2, 0.25) is 0 Å². The smallest absolute Gasteiger partial charge is 0.193 e. The van der Waals surface area contributed by atoms with Crippen LogP contribution in [-0.2, 0) is 4.74 Å². The summed E-state index contributed by atoms with van der Waals surface area (Å²) in [6, 6.07) is 0. The lowest BCUT2D eigenvalue weighted by Crippen LogP contribution is -2.47. The first-order chi connectivity index (χ1) is 7.26. The zero-order valence-corrected chi connectivity index (χ0v) is 12.5. The molecular weight excluding hydrogens is 317 g/mol. The molecule has 94 valence electrons. The van der Waals surface area contributed by atoms with Crippen molar-refractivity contribution in [2.45, 2.75) is 19.3 Å². The third-order valence-electron chi connectivity index (χ3n) is 3.54. The van der Waals surface area contributed by atoms with Crippen LogP contribution in [-0.4, -0.2) is 51.3 Å². The number of nitrogens with zero attached hydrogens (tertiary/aromatic N) is 2. The van der Waals surface area contributed by atoms with Gasteiger partial charge in [0.25, 0.3) is 0 Å². The highest BCUT2D eigenvalue weighted by molar-refractivity contribution is 14.0. The average Bonchev–Trinajstić information content (AvgIpc) is 2.56. The molecule has 5 heteroatoms. The molecule has 0 aromatic heterocycles. The molecule has 1 heterocycles. The highest BCUT2D eigenvalue weighted by Gasteiger charge is 2.37. The van der Waals surface area contributed by atoms with Crippen LogP contribution in [0.25, 0.3) is 0 Å². The Balaban J connectivity index is 0.00000128. The fourth-order valence-corrected chi connectivity index (χ4v) is 2.35. The summed E-state index contributed by atoms with van der Waals surface area (Å²) in [5.74, 6) is 1.05. The van der Waals surface area contributed by atoms with E-state index in [-0.39, 0.29) is 24.0 Å². The Labute approximate surface area is 115 Å². The second-order valence-corrected chi connectivity index (χ2v) is 4.77. The quantitative estimate of drug-likeness (QED) is 0.785. The van der Waals surface area contributed by atoms with Gasteiger partial charge in [0, 0.05) is 32.7 Å². The summed E-state index contributed by atoms with van der Waals surface area (Å²) in [7, 11) is 3.88. The second kappa shape index (κ2) is 6.05. The molecule has 0 saturated heterocycles. The second-order valence-electron chi connectivity index (χ2n) is 4.77. The minimum absolute atomic E-state index is 0. The lowest BCUT2D eigenvalue weighted by molar-refractivity contribution is 0.0210. The van der Waals surface area contributed by atoms with Crippen LogP contribution in [0.4, 0.5) is 0 Å². The Morgan fingerprint density at radius 3 is 2.69 bits per heavy atom. The summed E-state index contributed by atoms with van der Waals surface area (Å²) in [4.78, 5) is 6.61. The van der Waals surface area contributed by atoms with Crippen LogP contribution in [0.3, 0.4) is 0 Å². The lowest BCUT2D eigenvalue weighted by Gasteiger charge is -2.41. The van der Waals surface area contributed by atoms with Gasteiger partial charge in [-0.25, -0.2) is 0 Å². The molecule has 1 N–H and O–H groups in total. The van der Waals surface area contributed by atoms with Crippen molar-refractivity contribution in [3.8, 4) is 0 Å². The summed E-state index contributed by atoms with van der Waals surface area (Å²) in [5.41, 5.74) is 0.376. The van der Waals surface area contributed by atoms with E-state index in [1.165, 1.54) is 19.3 Å². The number of halogens is 1. The Morgan fingerprint density at radius 1 is 1.50 bits per heavy atom. The molecule has 1 aliphatic heterocycles. The first-order valence-electron chi connectivity index (χ1n) is 5.74. The van der Waals surface area contributed by atoms with Gasteiger partial charge in [-0.2, -0.15) is 0 Å². The van der Waals surface area contributed by atoms with E-state index in [2.05, 4.69) is 22.3 Å². The number of rotatable bonds is 4. The van der Waals surface area contributed by atoms with Crippen LogP contribution in [0.1, 0.15) is 19.3 Å². The molecule has 0 atom stereocenters. The van der Waals surface area contributed by atoms with Crippen molar-refractivity contribution >= 4 is 29.9 Å². The molecule has 2 aliphatic rings. The zero-order chi connectivity index (χ0) is 10.7. The number of hydrogen-bond acceptors (Lipinski definition) is 4. The normalized spacial score (nSPS) is 22.1. The molecule has 1 fully saturated rings. The summed E-state index contributed by atoms with van der Waals surface area (Å²) < 4.78 is 5.30. The van der Waals surface area contributed by atoms with E-state index in [1.54, 1.807) is 7.11 Å². The molecule has 0 amide bonds. The number of aliphatic imine (C=N–C) groups is 1. The van der Waals surface area contributed by atoms with E-state index >= 15 is 0 Å². The van der Waals surface area contributed by atoms with Gasteiger partial charge >= 0.3 is 0 Å². The van der Waals surface area contributed by atoms with Crippen molar-refractivity contribution in [1.29, 1.82) is 0 Å². The van der Waals surface area contributed by atoms with Crippen molar-refractivity contribution in [1.82, 2.24) is 10.2 Å². The minimum atomic E-state index is 0. The van der Waals surface area contributed by atoms with E-state index in [9.17, 15) is 0 Å². The third-order valence-corrected chi connectivity index (χ3v) is 3.54. The topological polar surface area (TPSA) is 36.9 Å². The molecule has 2 rings (SSSR count). The SMILES string of the molecule is COCC1(CNC2=NCCN2C)CCC1.I. The summed E-state index contributed by atoms with van der Waals surface area (Å²) in [5, 5.41) is 3.45. The summed E-state index contributed by atoms with van der Waals surface area (Å²) in [6.45, 7) is 3.84. The van der Waals surface area contributed by atoms with Gasteiger partial charge in [-0.15, -0.1) is 24.0 Å². The number of nitrogens with one attached hydrogen (secondary N) is 1. The molecule has 1 saturated carbocycles. The largest absolute Gasteiger partial charge is 0.384 e. The van der Waals surface area contributed by atoms with Crippen molar-refractivity contribution in [3.63, 3.8) is 0 Å². The van der Waals surface area contributed by atoms with Crippen molar-refractivity contribution in [2.24, 2.45) is 10.4 Å². The fourth-order valence-electron chi connectivity index (χ4n) is 2.35. The predicted octanol–water partition coefficient (Wildman–Crippen LogP) is 1.31. The van der Waals surface area contributed by atoms with Gasteiger partial charge in [-0.05, 0) is 12.8 Å². The highest BCUT2D eigenvalue weighted by atomic mass is 127. The molecule has 1 aliphatic carbocycles. The zero-order valence-electron chi connectivity index (χ0n) is 10.2. The number of ether oxygens (including phenoxy) is 1. The van der Waals surface area contributed by atoms with Gasteiger partial charge in [0.05, 0.1) is 13.2 Å². The number of guanidine groups is 1. The molecular formula is C11H22IN3O. The Bertz CT molecular complexity index is 254. The third kappa shape index (κ3) is 3.00. The van der Waals surface area contributed by atoms with E-state index in [0.717, 1.165) is 32.2 Å². The monoisotopic (exact) mass is 339 g/mol. The van der Waals surface area contributed by atoms with E-state index in [1.807, 2.05) is 0 Å². The number of likely N-dealkylation sites (N-methyl/N-ethyl adjacent to an activating group) is 1. The molecule has 0 unspecified atom stereocenters. The van der Waals surface area contributed by atoms with E-state index in [0.29, 0.717) is 5.41 Å². The van der Waals surface area contributed by atoms with Gasteiger partial charge in [-0.3, -0.25) is 4.99 Å². The van der Waals surface area contributed by atoms with Gasteiger partial charge in [-0.1, -0.05) is 6.42 Å². The Kier molecular flexibility index (Phi) is 5.30. The van der Waals surface area contributed by atoms with E-state index in [4.69, 9.17) is 4.74 Å². The van der Waals surface area contributed by atoms with Crippen molar-refractivity contribution < 1.29 is 4.74 Å². The minimum Gasteiger partial charge on any atom is -0.384 e. The predicted molar refractivity (Wildman–Crippen MR) is 76.5 cm³/mol. The lowest BCUT2D eigenvalue weighted by atomic mass is 9.69. The highest BCUT2D eigenvalue weighted by Crippen LogP contribution is 2.40. The van der Waals surface area contributed by atoms with Crippen molar-refractivity contribution in [3.05, 3.63) is 0 Å². The standard InChI is InChI=1S/C11H21N3O.HI/c1-14-7-6-12-10(14)13-8-11(9-15-2)4-3-5-11;/h3-9H2,1-2H3,(H,12,13);1H. The first kappa shape index (κ1) is 14.0. The number of methoxy groups -OCH3 is 1. The molecule has 0 aromatic carbocycles. The molecule has 4 nitrogen and oxygen atoms in total. The maximum absolute atomic E-state index is 5.30. The van der Waals surface area contributed by atoms with Crippen LogP contribution in [0.15, 0.2) is 4.99 Å². The van der Waals surface area contributed by atoms with Crippen LogP contribution >= 0.6 is 24.0 Å². The molecule has 16 heavy (non-hydrogen) atoms. The fraction of sp³-hybridized carbons (Fsp3) is 0.909. The molecule has 0 spiro atoms. The van der Waals surface area contributed by atoms with Crippen LogP contribution in [0.5, 0.6) is 0 Å². The van der Waals surface area contributed by atoms with Gasteiger partial charge in [0.2, 0.25) is 0 Å². The average molecular weight is 339 g/mol. The Morgan fingerprint density at radius 2 is 2.25 bits per heavy atom. The molecule has 0 radical (unpaired) electrons. The van der Waals surface area contributed by atoms with Gasteiger partial charge < -0.3 is 15.0 Å². The Hall–Kier alpha value is -0.0400.